The molecular formula is C26H26N4O2. The maximum absolute atomic E-state index is 12.9. The van der Waals surface area contributed by atoms with Crippen LogP contribution in [-0.2, 0) is 11.3 Å². The molecule has 1 fully saturated rings. The maximum Gasteiger partial charge on any atom is 0.410 e. The summed E-state index contributed by atoms with van der Waals surface area (Å²) in [5.74, 6) is 0.774. The van der Waals surface area contributed by atoms with Crippen LogP contribution in [0.1, 0.15) is 17.4 Å². The Morgan fingerprint density at radius 3 is 2.66 bits per heavy atom. The molecule has 2 heterocycles. The van der Waals surface area contributed by atoms with Crippen molar-refractivity contribution in [2.75, 3.05) is 26.7 Å². The number of aromatic nitrogens is 2. The van der Waals surface area contributed by atoms with Crippen LogP contribution in [0.4, 0.5) is 4.79 Å². The monoisotopic (exact) mass is 426 g/mol. The molecule has 4 aromatic rings. The molecule has 1 aromatic heterocycles. The SMILES string of the molecule is CN1CCN(C(=O)OCc2ccccc2)[C@H](c2ncc(-c3ccc4ccccc4c3)[nH]2)C1. The number of imidazole rings is 1. The molecule has 3 aromatic carbocycles. The average Bonchev–Trinajstić information content (AvgIpc) is 3.33. The second-order valence-electron chi connectivity index (χ2n) is 8.26. The summed E-state index contributed by atoms with van der Waals surface area (Å²) >= 11 is 0. The van der Waals surface area contributed by atoms with Crippen LogP contribution >= 0.6 is 0 Å². The molecule has 6 nitrogen and oxygen atoms in total. The molecule has 1 saturated heterocycles. The Kier molecular flexibility index (Phi) is 5.60. The number of H-pyrrole nitrogens is 1. The summed E-state index contributed by atoms with van der Waals surface area (Å²) in [6.07, 6.45) is 1.54. The van der Waals surface area contributed by atoms with Crippen molar-refractivity contribution in [3.05, 3.63) is 90.4 Å². The van der Waals surface area contributed by atoms with Crippen molar-refractivity contribution >= 4 is 16.9 Å². The van der Waals surface area contributed by atoms with Crippen molar-refractivity contribution in [3.8, 4) is 11.3 Å². The molecular weight excluding hydrogens is 400 g/mol. The number of rotatable bonds is 4. The van der Waals surface area contributed by atoms with Gasteiger partial charge in [0.25, 0.3) is 0 Å². The number of carbonyl (C=O) groups is 1. The van der Waals surface area contributed by atoms with Crippen LogP contribution in [0.25, 0.3) is 22.0 Å². The Bertz CT molecular complexity index is 1220. The summed E-state index contributed by atoms with van der Waals surface area (Å²) in [5, 5.41) is 2.39. The summed E-state index contributed by atoms with van der Waals surface area (Å²) in [6.45, 7) is 2.36. The number of aromatic amines is 1. The normalized spacial score (nSPS) is 16.9. The number of piperazine rings is 1. The maximum atomic E-state index is 12.9. The van der Waals surface area contributed by atoms with Crippen molar-refractivity contribution < 1.29 is 9.53 Å². The molecule has 5 rings (SSSR count). The minimum atomic E-state index is -0.310. The van der Waals surface area contributed by atoms with Crippen LogP contribution in [0, 0.1) is 0 Å². The van der Waals surface area contributed by atoms with Gasteiger partial charge >= 0.3 is 6.09 Å². The average molecular weight is 427 g/mol. The molecule has 0 radical (unpaired) electrons. The number of nitrogens with one attached hydrogen (secondary N) is 1. The van der Waals surface area contributed by atoms with Crippen LogP contribution in [0.15, 0.2) is 79.0 Å². The highest BCUT2D eigenvalue weighted by Gasteiger charge is 2.33. The van der Waals surface area contributed by atoms with Gasteiger partial charge < -0.3 is 14.6 Å². The fourth-order valence-corrected chi connectivity index (χ4v) is 4.18. The molecule has 1 aliphatic rings. The first-order valence-corrected chi connectivity index (χ1v) is 10.9. The third-order valence-corrected chi connectivity index (χ3v) is 5.99. The van der Waals surface area contributed by atoms with Gasteiger partial charge in [-0.25, -0.2) is 9.78 Å². The summed E-state index contributed by atoms with van der Waals surface area (Å²) in [5.41, 5.74) is 2.99. The van der Waals surface area contributed by atoms with Crippen LogP contribution in [0.3, 0.4) is 0 Å². The number of likely N-dealkylation sites (N-methyl/N-ethyl adjacent to an activating group) is 1. The van der Waals surface area contributed by atoms with Gasteiger partial charge in [-0.05, 0) is 29.4 Å². The molecule has 1 aliphatic heterocycles. The van der Waals surface area contributed by atoms with Crippen molar-refractivity contribution in [1.29, 1.82) is 0 Å². The van der Waals surface area contributed by atoms with E-state index in [9.17, 15) is 4.79 Å². The first kappa shape index (κ1) is 20.3. The Morgan fingerprint density at radius 1 is 1.03 bits per heavy atom. The van der Waals surface area contributed by atoms with E-state index in [1.165, 1.54) is 10.8 Å². The van der Waals surface area contributed by atoms with Crippen molar-refractivity contribution in [3.63, 3.8) is 0 Å². The highest BCUT2D eigenvalue weighted by Crippen LogP contribution is 2.28. The molecule has 32 heavy (non-hydrogen) atoms. The number of hydrogen-bond acceptors (Lipinski definition) is 4. The number of nitrogens with zero attached hydrogens (tertiary/aromatic N) is 3. The van der Waals surface area contributed by atoms with E-state index < -0.39 is 0 Å². The molecule has 0 unspecified atom stereocenters. The van der Waals surface area contributed by atoms with Gasteiger partial charge in [0.1, 0.15) is 18.5 Å². The largest absolute Gasteiger partial charge is 0.445 e. The number of amides is 1. The van der Waals surface area contributed by atoms with Crippen molar-refractivity contribution in [1.82, 2.24) is 19.8 Å². The lowest BCUT2D eigenvalue weighted by atomic mass is 10.1. The smallest absolute Gasteiger partial charge is 0.410 e. The number of fused-ring (bicyclic) bond motifs is 1. The van der Waals surface area contributed by atoms with Crippen LogP contribution in [-0.4, -0.2) is 52.5 Å². The van der Waals surface area contributed by atoms with Gasteiger partial charge in [0.15, 0.2) is 0 Å². The van der Waals surface area contributed by atoms with Crippen LogP contribution < -0.4 is 0 Å². The van der Waals surface area contributed by atoms with Gasteiger partial charge in [-0.1, -0.05) is 66.7 Å². The minimum Gasteiger partial charge on any atom is -0.445 e. The molecule has 1 amide bonds. The highest BCUT2D eigenvalue weighted by atomic mass is 16.6. The number of carbonyl (C=O) groups excluding carboxylic acids is 1. The molecule has 162 valence electrons. The van der Waals surface area contributed by atoms with E-state index in [0.29, 0.717) is 13.1 Å². The van der Waals surface area contributed by atoms with Gasteiger partial charge in [-0.2, -0.15) is 0 Å². The van der Waals surface area contributed by atoms with Gasteiger partial charge in [-0.3, -0.25) is 4.90 Å². The van der Waals surface area contributed by atoms with E-state index in [1.807, 2.05) is 48.7 Å². The molecule has 1 N–H and O–H groups in total. The number of hydrogen-bond donors (Lipinski definition) is 1. The van der Waals surface area contributed by atoms with Gasteiger partial charge in [0.05, 0.1) is 11.9 Å². The van der Waals surface area contributed by atoms with Crippen molar-refractivity contribution in [2.45, 2.75) is 12.6 Å². The molecule has 1 atom stereocenters. The minimum absolute atomic E-state index is 0.189. The number of benzene rings is 3. The van der Waals surface area contributed by atoms with E-state index in [4.69, 9.17) is 4.74 Å². The first-order chi connectivity index (χ1) is 15.7. The first-order valence-electron chi connectivity index (χ1n) is 10.9. The molecule has 6 heteroatoms. The lowest BCUT2D eigenvalue weighted by Crippen LogP contribution is -2.49. The van der Waals surface area contributed by atoms with E-state index in [2.05, 4.69) is 52.2 Å². The summed E-state index contributed by atoms with van der Waals surface area (Å²) in [4.78, 5) is 25.0. The zero-order chi connectivity index (χ0) is 21.9. The van der Waals surface area contributed by atoms with E-state index in [-0.39, 0.29) is 18.7 Å². The second-order valence-corrected chi connectivity index (χ2v) is 8.26. The topological polar surface area (TPSA) is 61.5 Å². The predicted molar refractivity (Wildman–Crippen MR) is 125 cm³/mol. The molecule has 0 saturated carbocycles. The predicted octanol–water partition coefficient (Wildman–Crippen LogP) is 4.86. The Morgan fingerprint density at radius 2 is 1.81 bits per heavy atom. The zero-order valence-corrected chi connectivity index (χ0v) is 18.1. The molecule has 0 bridgehead atoms. The van der Waals surface area contributed by atoms with E-state index in [0.717, 1.165) is 29.2 Å². The molecule has 0 aliphatic carbocycles. The van der Waals surface area contributed by atoms with Crippen LogP contribution in [0.5, 0.6) is 0 Å². The summed E-state index contributed by atoms with van der Waals surface area (Å²) in [7, 11) is 2.06. The third-order valence-electron chi connectivity index (χ3n) is 5.99. The fraction of sp³-hybridized carbons (Fsp3) is 0.231. The van der Waals surface area contributed by atoms with Crippen LogP contribution in [0.2, 0.25) is 0 Å². The fourth-order valence-electron chi connectivity index (χ4n) is 4.18. The third kappa shape index (κ3) is 4.22. The summed E-state index contributed by atoms with van der Waals surface area (Å²) < 4.78 is 5.62. The quantitative estimate of drug-likeness (QED) is 0.507. The Labute approximate surface area is 187 Å². The highest BCUT2D eigenvalue weighted by molar-refractivity contribution is 5.86. The Hall–Kier alpha value is -3.64. The van der Waals surface area contributed by atoms with Gasteiger partial charge in [0.2, 0.25) is 0 Å². The van der Waals surface area contributed by atoms with E-state index >= 15 is 0 Å². The zero-order valence-electron chi connectivity index (χ0n) is 18.1. The second kappa shape index (κ2) is 8.85. The van der Waals surface area contributed by atoms with Gasteiger partial charge in [0, 0.05) is 25.2 Å². The lowest BCUT2D eigenvalue weighted by Gasteiger charge is -2.38. The Balaban J connectivity index is 1.36. The number of ether oxygens (including phenoxy) is 1. The van der Waals surface area contributed by atoms with Gasteiger partial charge in [-0.15, -0.1) is 0 Å². The standard InChI is InChI=1S/C26H26N4O2/c1-29-13-14-30(26(31)32-18-19-7-3-2-4-8-19)24(17-29)25-27-16-23(28-25)22-12-11-20-9-5-6-10-21(20)15-22/h2-12,15-16,24H,13-14,17-18H2,1H3,(H,27,28)/t24-/m0/s1. The molecule has 0 spiro atoms. The lowest BCUT2D eigenvalue weighted by molar-refractivity contribution is 0.0469. The summed E-state index contributed by atoms with van der Waals surface area (Å²) in [6, 6.07) is 24.2. The van der Waals surface area contributed by atoms with E-state index in [1.54, 1.807) is 4.90 Å². The van der Waals surface area contributed by atoms with Crippen molar-refractivity contribution in [2.24, 2.45) is 0 Å².